The third-order valence-electron chi connectivity index (χ3n) is 2.58. The molecule has 6 N–H and O–H groups in total. The van der Waals surface area contributed by atoms with Crippen LogP contribution in [0.4, 0.5) is 0 Å². The molecule has 1 fully saturated rings. The first-order valence-electron chi connectivity index (χ1n) is 5.24. The summed E-state index contributed by atoms with van der Waals surface area (Å²) < 4.78 is 19.3. The molecule has 0 saturated carbocycles. The van der Waals surface area contributed by atoms with Crippen molar-refractivity contribution in [3.8, 4) is 0 Å². The molecule has 0 radical (unpaired) electrons. The lowest BCUT2D eigenvalue weighted by atomic mass is 9.95. The van der Waals surface area contributed by atoms with Gasteiger partial charge in [-0.15, -0.1) is 0 Å². The number of phosphoric acid groups is 1. The number of rotatable bonds is 5. The summed E-state index contributed by atoms with van der Waals surface area (Å²) >= 11 is 0. The van der Waals surface area contributed by atoms with E-state index in [2.05, 4.69) is 4.52 Å². The Hall–Kier alpha value is -0.580. The Bertz CT molecular complexity index is 367. The van der Waals surface area contributed by atoms with Gasteiger partial charge >= 0.3 is 13.8 Å². The van der Waals surface area contributed by atoms with Gasteiger partial charge in [-0.1, -0.05) is 0 Å². The van der Waals surface area contributed by atoms with E-state index in [1.165, 1.54) is 0 Å². The Morgan fingerprint density at radius 1 is 1.42 bits per heavy atom. The summed E-state index contributed by atoms with van der Waals surface area (Å²) in [6.45, 7) is -0.884. The Morgan fingerprint density at radius 3 is 2.47 bits per heavy atom. The van der Waals surface area contributed by atoms with Crippen molar-refractivity contribution in [2.75, 3.05) is 6.61 Å². The number of carbonyl (C=O) groups is 1. The molecule has 10 nitrogen and oxygen atoms in total. The Balaban J connectivity index is 2.67. The van der Waals surface area contributed by atoms with Crippen LogP contribution in [0.3, 0.4) is 0 Å². The number of hydrogen-bond acceptors (Lipinski definition) is 7. The molecule has 1 aliphatic heterocycles. The number of carboxylic acids is 1. The van der Waals surface area contributed by atoms with E-state index in [9.17, 15) is 24.7 Å². The molecule has 0 amide bonds. The molecular formula is C8H15O10P. The first-order valence-corrected chi connectivity index (χ1v) is 6.77. The van der Waals surface area contributed by atoms with Crippen LogP contribution in [-0.2, 0) is 18.6 Å². The van der Waals surface area contributed by atoms with Gasteiger partial charge in [0.15, 0.2) is 6.10 Å². The van der Waals surface area contributed by atoms with Crippen molar-refractivity contribution in [3.63, 3.8) is 0 Å². The lowest BCUT2D eigenvalue weighted by molar-refractivity contribution is -0.211. The molecule has 0 aromatic carbocycles. The minimum atomic E-state index is -4.82. The van der Waals surface area contributed by atoms with E-state index in [0.29, 0.717) is 0 Å². The lowest BCUT2D eigenvalue weighted by Gasteiger charge is -2.37. The van der Waals surface area contributed by atoms with Crippen molar-refractivity contribution in [2.45, 2.75) is 36.9 Å². The molecule has 1 rings (SSSR count). The highest BCUT2D eigenvalue weighted by atomic mass is 31.2. The normalized spacial score (nSPS) is 33.9. The Labute approximate surface area is 107 Å². The average molecular weight is 302 g/mol. The van der Waals surface area contributed by atoms with Gasteiger partial charge in [0.25, 0.3) is 0 Å². The number of carboxylic acid groups (broad SMARTS) is 1. The highest BCUT2D eigenvalue weighted by Gasteiger charge is 2.43. The van der Waals surface area contributed by atoms with Crippen molar-refractivity contribution in [1.29, 1.82) is 0 Å². The summed E-state index contributed by atoms with van der Waals surface area (Å²) in [7, 11) is -4.82. The highest BCUT2D eigenvalue weighted by molar-refractivity contribution is 7.46. The van der Waals surface area contributed by atoms with Gasteiger partial charge in [-0.2, -0.15) is 0 Å². The maximum atomic E-state index is 10.7. The van der Waals surface area contributed by atoms with Crippen molar-refractivity contribution in [2.24, 2.45) is 0 Å². The molecule has 1 saturated heterocycles. The molecule has 0 aromatic heterocycles. The fourth-order valence-electron chi connectivity index (χ4n) is 1.65. The maximum absolute atomic E-state index is 10.7. The van der Waals surface area contributed by atoms with Gasteiger partial charge in [0.2, 0.25) is 0 Å². The van der Waals surface area contributed by atoms with Gasteiger partial charge in [-0.25, -0.2) is 9.36 Å². The van der Waals surface area contributed by atoms with Gasteiger partial charge in [0.1, 0.15) is 18.3 Å². The first-order chi connectivity index (χ1) is 8.61. The molecule has 0 aliphatic carbocycles. The summed E-state index contributed by atoms with van der Waals surface area (Å²) in [5, 5.41) is 37.3. The zero-order chi connectivity index (χ0) is 14.8. The summed E-state index contributed by atoms with van der Waals surface area (Å²) in [6.07, 6.45) is -8.07. The highest BCUT2D eigenvalue weighted by Crippen LogP contribution is 2.36. The molecular weight excluding hydrogens is 287 g/mol. The second-order valence-corrected chi connectivity index (χ2v) is 5.31. The second kappa shape index (κ2) is 6.25. The standard InChI is InChI=1S/C8H15O10P/c9-3-1-5(8(12)13)18-7(6(3)11)4(10)2-17-19(14,15)16/h3-7,9-11H,1-2H2,(H,12,13)(H2,14,15,16)/t3-,4+,5+,6-,7+/m1/s1. The van der Waals surface area contributed by atoms with Crippen LogP contribution in [0.1, 0.15) is 6.42 Å². The van der Waals surface area contributed by atoms with E-state index in [-0.39, 0.29) is 6.42 Å². The number of aliphatic carboxylic acids is 1. The summed E-state index contributed by atoms with van der Waals surface area (Å²) in [6, 6.07) is 0. The van der Waals surface area contributed by atoms with Gasteiger partial charge in [-0.3, -0.25) is 4.52 Å². The van der Waals surface area contributed by atoms with Crippen LogP contribution in [0.15, 0.2) is 0 Å². The monoisotopic (exact) mass is 302 g/mol. The largest absolute Gasteiger partial charge is 0.479 e. The molecule has 0 unspecified atom stereocenters. The van der Waals surface area contributed by atoms with E-state index >= 15 is 0 Å². The quantitative estimate of drug-likeness (QED) is 0.296. The molecule has 1 heterocycles. The van der Waals surface area contributed by atoms with Crippen LogP contribution in [0.5, 0.6) is 0 Å². The number of phosphoric ester groups is 1. The third-order valence-corrected chi connectivity index (χ3v) is 3.06. The number of aliphatic hydroxyl groups excluding tert-OH is 3. The van der Waals surface area contributed by atoms with E-state index in [1.807, 2.05) is 0 Å². The molecule has 0 bridgehead atoms. The van der Waals surface area contributed by atoms with E-state index < -0.39 is 50.9 Å². The van der Waals surface area contributed by atoms with Crippen LogP contribution < -0.4 is 0 Å². The van der Waals surface area contributed by atoms with Gasteiger partial charge in [-0.05, 0) is 0 Å². The lowest BCUT2D eigenvalue weighted by Crippen LogP contribution is -2.55. The van der Waals surface area contributed by atoms with Crippen molar-refractivity contribution >= 4 is 13.8 Å². The van der Waals surface area contributed by atoms with E-state index in [4.69, 9.17) is 19.6 Å². The molecule has 11 heteroatoms. The second-order valence-electron chi connectivity index (χ2n) is 4.07. The van der Waals surface area contributed by atoms with Crippen molar-refractivity contribution in [1.82, 2.24) is 0 Å². The fraction of sp³-hybridized carbons (Fsp3) is 0.875. The molecule has 0 aromatic rings. The number of hydrogen-bond donors (Lipinski definition) is 6. The topological polar surface area (TPSA) is 174 Å². The SMILES string of the molecule is O=C(O)[C@@H]1C[C@@H](O)[C@@H](O)[C@H]([C@@H](O)COP(=O)(O)O)O1. The Morgan fingerprint density at radius 2 is 2.00 bits per heavy atom. The first kappa shape index (κ1) is 16.5. The van der Waals surface area contributed by atoms with Crippen LogP contribution in [0.25, 0.3) is 0 Å². The Kier molecular flexibility index (Phi) is 5.42. The predicted molar refractivity (Wildman–Crippen MR) is 56.9 cm³/mol. The predicted octanol–water partition coefficient (Wildman–Crippen LogP) is -2.58. The minimum absolute atomic E-state index is 0.362. The van der Waals surface area contributed by atoms with Crippen LogP contribution in [-0.4, -0.2) is 73.3 Å². The van der Waals surface area contributed by atoms with E-state index in [0.717, 1.165) is 0 Å². The average Bonchev–Trinajstić information content (AvgIpc) is 2.28. The maximum Gasteiger partial charge on any atom is 0.469 e. The van der Waals surface area contributed by atoms with Crippen LogP contribution in [0.2, 0.25) is 0 Å². The summed E-state index contributed by atoms with van der Waals surface area (Å²) in [4.78, 5) is 27.6. The minimum Gasteiger partial charge on any atom is -0.479 e. The molecule has 112 valence electrons. The smallest absolute Gasteiger partial charge is 0.469 e. The van der Waals surface area contributed by atoms with Crippen LogP contribution >= 0.6 is 7.82 Å². The summed E-state index contributed by atoms with van der Waals surface area (Å²) in [5.41, 5.74) is 0. The molecule has 19 heavy (non-hydrogen) atoms. The number of ether oxygens (including phenoxy) is 1. The zero-order valence-corrected chi connectivity index (χ0v) is 10.5. The van der Waals surface area contributed by atoms with Gasteiger partial charge < -0.3 is 34.9 Å². The molecule has 0 spiro atoms. The van der Waals surface area contributed by atoms with Crippen molar-refractivity contribution in [3.05, 3.63) is 0 Å². The van der Waals surface area contributed by atoms with Crippen LogP contribution in [0, 0.1) is 0 Å². The molecule has 1 aliphatic rings. The van der Waals surface area contributed by atoms with E-state index in [1.54, 1.807) is 0 Å². The molecule has 5 atom stereocenters. The fourth-order valence-corrected chi connectivity index (χ4v) is 2.00. The van der Waals surface area contributed by atoms with Crippen molar-refractivity contribution < 1.29 is 48.8 Å². The summed E-state index contributed by atoms with van der Waals surface area (Å²) in [5.74, 6) is -1.39. The van der Waals surface area contributed by atoms with Gasteiger partial charge in [0.05, 0.1) is 12.7 Å². The third kappa shape index (κ3) is 4.79. The number of aliphatic hydroxyl groups is 3. The zero-order valence-electron chi connectivity index (χ0n) is 9.56. The van der Waals surface area contributed by atoms with Gasteiger partial charge in [0, 0.05) is 6.42 Å².